The first-order chi connectivity index (χ1) is 14.9. The average molecular weight is 474 g/mol. The lowest BCUT2D eigenvalue weighted by Crippen LogP contribution is -2.43. The van der Waals surface area contributed by atoms with Gasteiger partial charge in [-0.25, -0.2) is 23.5 Å². The van der Waals surface area contributed by atoms with Crippen molar-refractivity contribution in [2.45, 2.75) is 42.8 Å². The fraction of sp³-hybridized carbons (Fsp3) is 0.350. The van der Waals surface area contributed by atoms with Crippen molar-refractivity contribution in [2.75, 3.05) is 16.8 Å². The Hall–Kier alpha value is -2.89. The molecular weight excluding hydrogens is 455 g/mol. The Labute approximate surface area is 184 Å². The summed E-state index contributed by atoms with van der Waals surface area (Å²) in [5.74, 6) is -0.336. The Morgan fingerprint density at radius 3 is 2.38 bits per heavy atom. The third kappa shape index (κ3) is 5.29. The van der Waals surface area contributed by atoms with Crippen LogP contribution in [0.25, 0.3) is 0 Å². The molecule has 12 heteroatoms. The fourth-order valence-electron chi connectivity index (χ4n) is 3.16. The minimum absolute atomic E-state index is 0.00195. The Morgan fingerprint density at radius 1 is 1.12 bits per heavy atom. The van der Waals surface area contributed by atoms with Crippen LogP contribution in [0.1, 0.15) is 19.4 Å². The molecule has 1 aliphatic heterocycles. The summed E-state index contributed by atoms with van der Waals surface area (Å²) in [4.78, 5) is 32.1. The lowest BCUT2D eigenvalue weighted by atomic mass is 10.0. The number of urea groups is 1. The SMILES string of the molecule is CC1(C)C(=O)N(c2ccc(SC(F)(F)F)cc2)C(=O)N1Cc1ccnc(NCC(F)F)c1. The van der Waals surface area contributed by atoms with Gasteiger partial charge >= 0.3 is 11.5 Å². The first kappa shape index (κ1) is 23.8. The number of benzene rings is 1. The van der Waals surface area contributed by atoms with Crippen molar-refractivity contribution in [3.63, 3.8) is 0 Å². The minimum Gasteiger partial charge on any atom is -0.364 e. The van der Waals surface area contributed by atoms with Crippen LogP contribution >= 0.6 is 11.8 Å². The van der Waals surface area contributed by atoms with E-state index in [1.54, 1.807) is 19.9 Å². The number of nitrogens with one attached hydrogen (secondary N) is 1. The van der Waals surface area contributed by atoms with E-state index in [2.05, 4.69) is 10.3 Å². The molecule has 2 heterocycles. The molecule has 0 unspecified atom stereocenters. The van der Waals surface area contributed by atoms with Crippen LogP contribution in [0, 0.1) is 0 Å². The summed E-state index contributed by atoms with van der Waals surface area (Å²) in [6.07, 6.45) is -1.17. The molecular formula is C20H19F5N4O2S. The maximum Gasteiger partial charge on any atom is 0.446 e. The zero-order valence-electron chi connectivity index (χ0n) is 17.0. The normalized spacial score (nSPS) is 16.2. The standard InChI is InChI=1S/C20H19F5N4O2S/c1-19(2)17(30)29(13-3-5-14(6-4-13)32-20(23,24)25)18(31)28(19)11-12-7-8-26-16(9-12)27-10-15(21)22/h3-9,15H,10-11H2,1-2H3,(H,26,27). The second-order valence-electron chi connectivity index (χ2n) is 7.43. The summed E-state index contributed by atoms with van der Waals surface area (Å²) in [7, 11) is 0. The molecule has 3 rings (SSSR count). The van der Waals surface area contributed by atoms with Crippen molar-refractivity contribution in [3.8, 4) is 0 Å². The number of carbonyl (C=O) groups is 2. The molecule has 1 aromatic carbocycles. The van der Waals surface area contributed by atoms with Crippen LogP contribution in [-0.2, 0) is 11.3 Å². The summed E-state index contributed by atoms with van der Waals surface area (Å²) >= 11 is -0.295. The smallest absolute Gasteiger partial charge is 0.364 e. The van der Waals surface area contributed by atoms with Gasteiger partial charge in [-0.15, -0.1) is 0 Å². The van der Waals surface area contributed by atoms with Crippen molar-refractivity contribution in [3.05, 3.63) is 48.2 Å². The highest BCUT2D eigenvalue weighted by atomic mass is 32.2. The highest BCUT2D eigenvalue weighted by molar-refractivity contribution is 8.00. The first-order valence-electron chi connectivity index (χ1n) is 9.37. The molecule has 3 amide bonds. The molecule has 0 radical (unpaired) electrons. The highest BCUT2D eigenvalue weighted by Gasteiger charge is 2.51. The van der Waals surface area contributed by atoms with E-state index in [9.17, 15) is 31.5 Å². The molecule has 1 fully saturated rings. The Bertz CT molecular complexity index is 998. The molecule has 0 saturated carbocycles. The van der Waals surface area contributed by atoms with E-state index in [1.807, 2.05) is 0 Å². The summed E-state index contributed by atoms with van der Waals surface area (Å²) in [6.45, 7) is 2.53. The Morgan fingerprint density at radius 2 is 1.78 bits per heavy atom. The monoisotopic (exact) mass is 474 g/mol. The maximum atomic E-state index is 13.1. The lowest BCUT2D eigenvalue weighted by Gasteiger charge is -2.27. The van der Waals surface area contributed by atoms with E-state index in [0.29, 0.717) is 5.56 Å². The van der Waals surface area contributed by atoms with Gasteiger partial charge in [-0.3, -0.25) is 4.79 Å². The number of imide groups is 1. The largest absolute Gasteiger partial charge is 0.446 e. The second-order valence-corrected chi connectivity index (χ2v) is 8.57. The minimum atomic E-state index is -4.45. The van der Waals surface area contributed by atoms with E-state index in [0.717, 1.165) is 4.90 Å². The van der Waals surface area contributed by atoms with Crippen molar-refractivity contribution >= 4 is 35.2 Å². The van der Waals surface area contributed by atoms with Gasteiger partial charge in [0.25, 0.3) is 12.3 Å². The van der Waals surface area contributed by atoms with Crippen LogP contribution in [0.4, 0.5) is 38.3 Å². The van der Waals surface area contributed by atoms with Gasteiger partial charge in [0.1, 0.15) is 11.4 Å². The molecule has 32 heavy (non-hydrogen) atoms. The third-order valence-corrected chi connectivity index (χ3v) is 5.49. The van der Waals surface area contributed by atoms with Crippen LogP contribution < -0.4 is 10.2 Å². The van der Waals surface area contributed by atoms with Gasteiger partial charge in [-0.1, -0.05) is 0 Å². The molecule has 1 N–H and O–H groups in total. The second kappa shape index (κ2) is 8.93. The Kier molecular flexibility index (Phi) is 6.63. The summed E-state index contributed by atoms with van der Waals surface area (Å²) < 4.78 is 62.4. The highest BCUT2D eigenvalue weighted by Crippen LogP contribution is 2.38. The van der Waals surface area contributed by atoms with E-state index in [4.69, 9.17) is 0 Å². The van der Waals surface area contributed by atoms with Gasteiger partial charge in [0.05, 0.1) is 12.2 Å². The van der Waals surface area contributed by atoms with Gasteiger partial charge in [-0.05, 0) is 67.6 Å². The number of hydrogen-bond acceptors (Lipinski definition) is 5. The van der Waals surface area contributed by atoms with Crippen LogP contribution in [0.5, 0.6) is 0 Å². The van der Waals surface area contributed by atoms with E-state index in [1.165, 1.54) is 41.4 Å². The number of nitrogens with zero attached hydrogens (tertiary/aromatic N) is 3. The number of hydrogen-bond donors (Lipinski definition) is 1. The van der Waals surface area contributed by atoms with Gasteiger partial charge < -0.3 is 10.2 Å². The van der Waals surface area contributed by atoms with Gasteiger partial charge in [0, 0.05) is 17.6 Å². The van der Waals surface area contributed by atoms with Gasteiger partial charge in [0.2, 0.25) is 0 Å². The summed E-state index contributed by atoms with van der Waals surface area (Å²) in [5.41, 5.74) is -4.98. The number of amides is 3. The number of halogens is 5. The Balaban J connectivity index is 1.80. The molecule has 6 nitrogen and oxygen atoms in total. The molecule has 0 aliphatic carbocycles. The zero-order chi connectivity index (χ0) is 23.7. The summed E-state index contributed by atoms with van der Waals surface area (Å²) in [5, 5.41) is 2.48. The number of anilines is 2. The molecule has 0 atom stereocenters. The molecule has 0 spiro atoms. The van der Waals surface area contributed by atoms with Gasteiger partial charge in [0.15, 0.2) is 0 Å². The van der Waals surface area contributed by atoms with Crippen molar-refractivity contribution in [2.24, 2.45) is 0 Å². The third-order valence-electron chi connectivity index (χ3n) is 4.75. The molecule has 1 saturated heterocycles. The number of carbonyl (C=O) groups excluding carboxylic acids is 2. The first-order valence-corrected chi connectivity index (χ1v) is 10.2. The number of pyridine rings is 1. The number of thioether (sulfide) groups is 1. The molecule has 1 aromatic heterocycles. The van der Waals surface area contributed by atoms with Crippen molar-refractivity contribution < 1.29 is 31.5 Å². The summed E-state index contributed by atoms with van der Waals surface area (Å²) in [6, 6.07) is 7.39. The molecule has 1 aliphatic rings. The quantitative estimate of drug-likeness (QED) is 0.343. The topological polar surface area (TPSA) is 65.5 Å². The van der Waals surface area contributed by atoms with Crippen molar-refractivity contribution in [1.82, 2.24) is 9.88 Å². The maximum absolute atomic E-state index is 13.1. The molecule has 2 aromatic rings. The van der Waals surface area contributed by atoms with Gasteiger partial charge in [-0.2, -0.15) is 13.2 Å². The van der Waals surface area contributed by atoms with Crippen LogP contribution in [0.15, 0.2) is 47.5 Å². The predicted molar refractivity (Wildman–Crippen MR) is 110 cm³/mol. The van der Waals surface area contributed by atoms with Crippen LogP contribution in [0.3, 0.4) is 0 Å². The van der Waals surface area contributed by atoms with E-state index in [-0.39, 0.29) is 34.7 Å². The number of aromatic nitrogens is 1. The van der Waals surface area contributed by atoms with E-state index < -0.39 is 36.0 Å². The van der Waals surface area contributed by atoms with Crippen molar-refractivity contribution in [1.29, 1.82) is 0 Å². The molecule has 172 valence electrons. The van der Waals surface area contributed by atoms with E-state index >= 15 is 0 Å². The number of alkyl halides is 5. The van der Waals surface area contributed by atoms with Crippen LogP contribution in [-0.4, -0.2) is 45.8 Å². The molecule has 0 bridgehead atoms. The zero-order valence-corrected chi connectivity index (χ0v) is 17.8. The number of rotatable bonds is 7. The average Bonchev–Trinajstić information content (AvgIpc) is 2.86. The fourth-order valence-corrected chi connectivity index (χ4v) is 3.70. The predicted octanol–water partition coefficient (Wildman–Crippen LogP) is 5.12. The lowest BCUT2D eigenvalue weighted by molar-refractivity contribution is -0.123. The van der Waals surface area contributed by atoms with Crippen LogP contribution in [0.2, 0.25) is 0 Å².